The van der Waals surface area contributed by atoms with Gasteiger partial charge in [-0.05, 0) is 12.1 Å². The third kappa shape index (κ3) is 7.04. The van der Waals surface area contributed by atoms with E-state index in [2.05, 4.69) is 10.6 Å². The second-order valence-corrected chi connectivity index (χ2v) is 6.58. The van der Waals surface area contributed by atoms with E-state index in [0.717, 1.165) is 36.4 Å². The summed E-state index contributed by atoms with van der Waals surface area (Å²) >= 11 is 0. The van der Waals surface area contributed by atoms with Crippen LogP contribution in [0.5, 0.6) is 0 Å². The Bertz CT molecular complexity index is 1060. The number of carbonyl (C=O) groups excluding carboxylic acids is 2. The Morgan fingerprint density at radius 1 is 0.611 bits per heavy atom. The molecule has 0 atom stereocenters. The van der Waals surface area contributed by atoms with Crippen LogP contribution < -0.4 is 10.6 Å². The quantitative estimate of drug-likeness (QED) is 0.252. The molecule has 0 aromatic heterocycles. The molecule has 18 nitrogen and oxygen atoms in total. The SMILES string of the molecule is O=C(NCCNC(=O)OCc1c([N+](=O)[O-])cccc1[N+](=O)[O-])OCc1c([N+](=O)[O-])cccc1[N+](=O)[O-]. The fourth-order valence-corrected chi connectivity index (χ4v) is 2.81. The standard InChI is InChI=1S/C18H16N6O12/c25-17(35-9-11-13(21(27)28)3-1-4-14(11)22(29)30)19-7-8-20-18(26)36-10-12-15(23(31)32)5-2-6-16(12)24(33)34/h1-6H,7-10H2,(H,19,25)(H,20,26). The highest BCUT2D eigenvalue weighted by Crippen LogP contribution is 2.29. The number of ether oxygens (including phenoxy) is 2. The molecule has 0 fully saturated rings. The van der Waals surface area contributed by atoms with Crippen LogP contribution in [-0.4, -0.2) is 45.0 Å². The molecular weight excluding hydrogens is 492 g/mol. The van der Waals surface area contributed by atoms with Gasteiger partial charge in [-0.2, -0.15) is 0 Å². The van der Waals surface area contributed by atoms with Gasteiger partial charge in [0.25, 0.3) is 22.7 Å². The molecule has 2 amide bonds. The highest BCUT2D eigenvalue weighted by molar-refractivity contribution is 5.69. The summed E-state index contributed by atoms with van der Waals surface area (Å²) in [7, 11) is 0. The van der Waals surface area contributed by atoms with Crippen LogP contribution in [0.15, 0.2) is 36.4 Å². The van der Waals surface area contributed by atoms with Crippen molar-refractivity contribution in [2.45, 2.75) is 13.2 Å². The van der Waals surface area contributed by atoms with Gasteiger partial charge in [0.05, 0.1) is 19.7 Å². The van der Waals surface area contributed by atoms with Crippen LogP contribution >= 0.6 is 0 Å². The van der Waals surface area contributed by atoms with E-state index in [0.29, 0.717) is 0 Å². The number of nitrogens with zero attached hydrogens (tertiary/aromatic N) is 4. The number of benzene rings is 2. The van der Waals surface area contributed by atoms with Crippen molar-refractivity contribution in [1.82, 2.24) is 10.6 Å². The van der Waals surface area contributed by atoms with Crippen molar-refractivity contribution >= 4 is 34.9 Å². The monoisotopic (exact) mass is 508 g/mol. The Balaban J connectivity index is 1.84. The summed E-state index contributed by atoms with van der Waals surface area (Å²) in [6.07, 6.45) is -2.21. The molecule has 2 N–H and O–H groups in total. The van der Waals surface area contributed by atoms with E-state index in [1.807, 2.05) is 0 Å². The fraction of sp³-hybridized carbons (Fsp3) is 0.222. The lowest BCUT2D eigenvalue weighted by atomic mass is 10.1. The van der Waals surface area contributed by atoms with Gasteiger partial charge in [-0.15, -0.1) is 0 Å². The number of rotatable bonds is 11. The number of amides is 2. The highest BCUT2D eigenvalue weighted by atomic mass is 16.6. The van der Waals surface area contributed by atoms with Gasteiger partial charge in [-0.3, -0.25) is 40.5 Å². The molecule has 0 heterocycles. The summed E-state index contributed by atoms with van der Waals surface area (Å²) in [4.78, 5) is 64.4. The Kier molecular flexibility index (Phi) is 9.06. The van der Waals surface area contributed by atoms with E-state index in [1.165, 1.54) is 0 Å². The third-order valence-electron chi connectivity index (χ3n) is 4.40. The van der Waals surface area contributed by atoms with E-state index in [4.69, 9.17) is 9.47 Å². The van der Waals surface area contributed by atoms with Gasteiger partial charge in [-0.1, -0.05) is 0 Å². The fourth-order valence-electron chi connectivity index (χ4n) is 2.81. The van der Waals surface area contributed by atoms with Crippen LogP contribution in [0.1, 0.15) is 11.1 Å². The minimum atomic E-state index is -1.10. The molecule has 190 valence electrons. The van der Waals surface area contributed by atoms with Crippen molar-refractivity contribution in [3.05, 3.63) is 88.0 Å². The minimum absolute atomic E-state index is 0.238. The number of nitro benzene ring substituents is 4. The number of hydrogen-bond acceptors (Lipinski definition) is 12. The number of alkyl carbamates (subject to hydrolysis) is 2. The maximum Gasteiger partial charge on any atom is 0.407 e. The Labute approximate surface area is 199 Å². The van der Waals surface area contributed by atoms with E-state index in [1.54, 1.807) is 0 Å². The predicted octanol–water partition coefficient (Wildman–Crippen LogP) is 2.47. The van der Waals surface area contributed by atoms with Crippen LogP contribution in [0.3, 0.4) is 0 Å². The summed E-state index contributed by atoms with van der Waals surface area (Å²) in [5.41, 5.74) is -3.29. The molecule has 0 radical (unpaired) electrons. The summed E-state index contributed by atoms with van der Waals surface area (Å²) in [5, 5.41) is 48.6. The van der Waals surface area contributed by atoms with Crippen molar-refractivity contribution in [3.63, 3.8) is 0 Å². The van der Waals surface area contributed by atoms with Crippen LogP contribution in [0.2, 0.25) is 0 Å². The number of hydrogen-bond donors (Lipinski definition) is 2. The molecule has 0 unspecified atom stereocenters. The van der Waals surface area contributed by atoms with Gasteiger partial charge in [0, 0.05) is 37.4 Å². The van der Waals surface area contributed by atoms with Gasteiger partial charge >= 0.3 is 12.2 Å². The Morgan fingerprint density at radius 3 is 1.14 bits per heavy atom. The summed E-state index contributed by atoms with van der Waals surface area (Å²) in [5.74, 6) is 0. The molecule has 0 aliphatic carbocycles. The average Bonchev–Trinajstić information content (AvgIpc) is 2.83. The predicted molar refractivity (Wildman–Crippen MR) is 116 cm³/mol. The van der Waals surface area contributed by atoms with E-state index >= 15 is 0 Å². The molecule has 0 spiro atoms. The number of carbonyl (C=O) groups is 2. The topological polar surface area (TPSA) is 249 Å². The van der Waals surface area contributed by atoms with Crippen molar-refractivity contribution in [3.8, 4) is 0 Å². The lowest BCUT2D eigenvalue weighted by molar-refractivity contribution is -0.396. The van der Waals surface area contributed by atoms with Crippen LogP contribution in [-0.2, 0) is 22.7 Å². The first-order chi connectivity index (χ1) is 17.0. The normalized spacial score (nSPS) is 10.1. The van der Waals surface area contributed by atoms with Crippen LogP contribution in [0, 0.1) is 40.5 Å². The lowest BCUT2D eigenvalue weighted by Crippen LogP contribution is -2.35. The summed E-state index contributed by atoms with van der Waals surface area (Å²) in [6, 6.07) is 6.27. The Hall–Kier alpha value is -5.42. The molecular formula is C18H16N6O12. The molecule has 0 saturated heterocycles. The first kappa shape index (κ1) is 26.8. The molecule has 2 aromatic carbocycles. The molecule has 0 saturated carbocycles. The van der Waals surface area contributed by atoms with Crippen molar-refractivity contribution in [1.29, 1.82) is 0 Å². The number of nitrogens with one attached hydrogen (secondary N) is 2. The van der Waals surface area contributed by atoms with Gasteiger partial charge < -0.3 is 20.1 Å². The second-order valence-electron chi connectivity index (χ2n) is 6.58. The smallest absolute Gasteiger partial charge is 0.407 e. The summed E-state index contributed by atoms with van der Waals surface area (Å²) in [6.45, 7) is -2.02. The second kappa shape index (κ2) is 12.2. The van der Waals surface area contributed by atoms with Crippen LogP contribution in [0.4, 0.5) is 32.3 Å². The van der Waals surface area contributed by atoms with E-state index in [9.17, 15) is 50.0 Å². The van der Waals surface area contributed by atoms with Gasteiger partial charge in [0.15, 0.2) is 0 Å². The van der Waals surface area contributed by atoms with Crippen molar-refractivity contribution < 1.29 is 38.8 Å². The lowest BCUT2D eigenvalue weighted by Gasteiger charge is -2.09. The largest absolute Gasteiger partial charge is 0.444 e. The molecule has 0 aliphatic rings. The first-order valence-corrected chi connectivity index (χ1v) is 9.65. The van der Waals surface area contributed by atoms with Crippen molar-refractivity contribution in [2.75, 3.05) is 13.1 Å². The first-order valence-electron chi connectivity index (χ1n) is 9.65. The van der Waals surface area contributed by atoms with E-state index in [-0.39, 0.29) is 13.1 Å². The van der Waals surface area contributed by atoms with E-state index < -0.39 is 79.0 Å². The molecule has 2 aromatic rings. The van der Waals surface area contributed by atoms with Crippen LogP contribution in [0.25, 0.3) is 0 Å². The summed E-state index contributed by atoms with van der Waals surface area (Å²) < 4.78 is 9.53. The molecule has 36 heavy (non-hydrogen) atoms. The molecule has 2 rings (SSSR count). The molecule has 0 bridgehead atoms. The zero-order valence-corrected chi connectivity index (χ0v) is 18.0. The average molecular weight is 508 g/mol. The Morgan fingerprint density at radius 2 is 0.889 bits per heavy atom. The van der Waals surface area contributed by atoms with Gasteiger partial charge in [-0.25, -0.2) is 9.59 Å². The third-order valence-corrected chi connectivity index (χ3v) is 4.40. The van der Waals surface area contributed by atoms with Crippen molar-refractivity contribution in [2.24, 2.45) is 0 Å². The maximum absolute atomic E-state index is 11.8. The molecule has 18 heteroatoms. The molecule has 0 aliphatic heterocycles. The number of nitro groups is 4. The van der Waals surface area contributed by atoms with Gasteiger partial charge in [0.2, 0.25) is 0 Å². The highest BCUT2D eigenvalue weighted by Gasteiger charge is 2.27. The maximum atomic E-state index is 11.8. The zero-order chi connectivity index (χ0) is 26.8. The zero-order valence-electron chi connectivity index (χ0n) is 18.0. The minimum Gasteiger partial charge on any atom is -0.444 e. The van der Waals surface area contributed by atoms with Gasteiger partial charge in [0.1, 0.15) is 24.3 Å².